The molecule has 2 aromatic heterocycles. The molecule has 162 valence electrons. The van der Waals surface area contributed by atoms with Crippen LogP contribution in [0.5, 0.6) is 11.5 Å². The van der Waals surface area contributed by atoms with Gasteiger partial charge in [0.1, 0.15) is 23.6 Å². The van der Waals surface area contributed by atoms with Crippen LogP contribution in [0.2, 0.25) is 0 Å². The number of anilines is 1. The molecule has 0 bridgehead atoms. The number of aromatic nitrogens is 2. The molecular formula is C28H24N3O2+. The standard InChI is InChI=1S/C28H23N3O2/c32-28-23(16-15-21-11-8-18-30-26(21)28)27(31-25-14-6-7-17-29-25)22-12-4-5-13-24(22)33-19-20-9-2-1-3-10-20/h1-18,27,32H,19H2,(H,29,31)/p+1/t27-/m0/s1. The maximum Gasteiger partial charge on any atom is 0.272 e. The molecule has 3 N–H and O–H groups in total. The molecule has 1 atom stereocenters. The summed E-state index contributed by atoms with van der Waals surface area (Å²) >= 11 is 0. The Kier molecular flexibility index (Phi) is 5.85. The normalized spacial score (nSPS) is 11.8. The number of nitrogens with zero attached hydrogens (tertiary/aromatic N) is 1. The van der Waals surface area contributed by atoms with Crippen LogP contribution in [0.3, 0.4) is 0 Å². The van der Waals surface area contributed by atoms with Gasteiger partial charge in [-0.15, -0.1) is 0 Å². The summed E-state index contributed by atoms with van der Waals surface area (Å²) in [6, 6.07) is 31.2. The van der Waals surface area contributed by atoms with Crippen molar-refractivity contribution in [3.05, 3.63) is 126 Å². The molecule has 0 spiro atoms. The number of phenolic OH excluding ortho intramolecular Hbond substituents is 1. The van der Waals surface area contributed by atoms with E-state index in [0.717, 1.165) is 28.1 Å². The second-order valence-electron chi connectivity index (χ2n) is 7.74. The number of rotatable bonds is 7. The summed E-state index contributed by atoms with van der Waals surface area (Å²) in [5, 5.41) is 15.6. The van der Waals surface area contributed by atoms with E-state index >= 15 is 0 Å². The average Bonchev–Trinajstić information content (AvgIpc) is 2.88. The summed E-state index contributed by atoms with van der Waals surface area (Å²) in [6.07, 6.45) is 3.55. The van der Waals surface area contributed by atoms with Gasteiger partial charge in [0, 0.05) is 28.8 Å². The summed E-state index contributed by atoms with van der Waals surface area (Å²) in [5.74, 6) is 1.72. The smallest absolute Gasteiger partial charge is 0.272 e. The number of H-pyrrole nitrogens is 1. The lowest BCUT2D eigenvalue weighted by Crippen LogP contribution is -2.19. The molecule has 5 nitrogen and oxygen atoms in total. The van der Waals surface area contributed by atoms with Crippen molar-refractivity contribution in [2.24, 2.45) is 0 Å². The Morgan fingerprint density at radius 3 is 2.48 bits per heavy atom. The van der Waals surface area contributed by atoms with Crippen LogP contribution < -0.4 is 15.0 Å². The number of benzene rings is 3. The second-order valence-corrected chi connectivity index (χ2v) is 7.74. The third-order valence-corrected chi connectivity index (χ3v) is 5.57. The zero-order valence-corrected chi connectivity index (χ0v) is 18.0. The molecule has 5 heteroatoms. The summed E-state index contributed by atoms with van der Waals surface area (Å²) in [7, 11) is 0. The van der Waals surface area contributed by atoms with E-state index in [4.69, 9.17) is 4.74 Å². The van der Waals surface area contributed by atoms with Gasteiger partial charge in [0.05, 0.1) is 6.20 Å². The zero-order chi connectivity index (χ0) is 22.5. The minimum Gasteiger partial charge on any atom is -0.505 e. The molecule has 3 aromatic carbocycles. The van der Waals surface area contributed by atoms with E-state index in [1.54, 1.807) is 6.20 Å². The molecular weight excluding hydrogens is 410 g/mol. The molecule has 5 rings (SSSR count). The number of ether oxygens (including phenoxy) is 1. The first-order valence-electron chi connectivity index (χ1n) is 10.8. The van der Waals surface area contributed by atoms with Crippen LogP contribution in [-0.4, -0.2) is 10.1 Å². The molecule has 5 aromatic rings. The van der Waals surface area contributed by atoms with Crippen LogP contribution in [0.1, 0.15) is 22.7 Å². The molecule has 0 saturated heterocycles. The molecule has 0 aliphatic carbocycles. The fraction of sp³-hybridized carbons (Fsp3) is 0.0714. The number of hydrogen-bond acceptors (Lipinski definition) is 4. The van der Waals surface area contributed by atoms with Gasteiger partial charge in [0.25, 0.3) is 5.82 Å². The van der Waals surface area contributed by atoms with Crippen LogP contribution in [0, 0.1) is 0 Å². The highest BCUT2D eigenvalue weighted by atomic mass is 16.5. The highest BCUT2D eigenvalue weighted by Crippen LogP contribution is 2.39. The predicted octanol–water partition coefficient (Wildman–Crippen LogP) is 5.54. The van der Waals surface area contributed by atoms with Crippen molar-refractivity contribution in [3.63, 3.8) is 0 Å². The van der Waals surface area contributed by atoms with E-state index in [1.807, 2.05) is 103 Å². The van der Waals surface area contributed by atoms with Gasteiger partial charge >= 0.3 is 0 Å². The first-order valence-corrected chi connectivity index (χ1v) is 10.8. The van der Waals surface area contributed by atoms with Crippen molar-refractivity contribution in [1.29, 1.82) is 0 Å². The molecule has 0 aliphatic heterocycles. The number of aromatic hydroxyl groups is 1. The van der Waals surface area contributed by atoms with E-state index in [2.05, 4.69) is 15.3 Å². The summed E-state index contributed by atoms with van der Waals surface area (Å²) in [6.45, 7) is 0.452. The molecule has 0 amide bonds. The van der Waals surface area contributed by atoms with Crippen molar-refractivity contribution in [2.45, 2.75) is 12.6 Å². The van der Waals surface area contributed by atoms with Crippen LogP contribution in [0.4, 0.5) is 5.82 Å². The highest BCUT2D eigenvalue weighted by Gasteiger charge is 2.27. The molecule has 0 unspecified atom stereocenters. The van der Waals surface area contributed by atoms with E-state index < -0.39 is 0 Å². The molecule has 0 radical (unpaired) electrons. The first-order chi connectivity index (χ1) is 16.3. The van der Waals surface area contributed by atoms with Gasteiger partial charge in [-0.05, 0) is 29.8 Å². The van der Waals surface area contributed by atoms with Gasteiger partial charge in [0.15, 0.2) is 6.04 Å². The minimum atomic E-state index is -0.373. The first kappa shape index (κ1) is 20.5. The second kappa shape index (κ2) is 9.40. The SMILES string of the molecule is Oc1c([C@@H](Nc2cccc[nH+]2)c2ccccc2OCc2ccccc2)ccc2cccnc12. The number of aromatic amines is 1. The fourth-order valence-electron chi connectivity index (χ4n) is 3.93. The topological polar surface area (TPSA) is 68.5 Å². The molecule has 0 aliphatic rings. The number of hydrogen-bond donors (Lipinski definition) is 2. The van der Waals surface area contributed by atoms with Gasteiger partial charge in [-0.25, -0.2) is 4.98 Å². The number of nitrogens with one attached hydrogen (secondary N) is 2. The van der Waals surface area contributed by atoms with Gasteiger partial charge in [-0.1, -0.05) is 66.7 Å². The third-order valence-electron chi connectivity index (χ3n) is 5.57. The van der Waals surface area contributed by atoms with Crippen LogP contribution in [0.25, 0.3) is 10.9 Å². The van der Waals surface area contributed by atoms with E-state index in [0.29, 0.717) is 17.7 Å². The van der Waals surface area contributed by atoms with Gasteiger partial charge < -0.3 is 9.84 Å². The Hall–Kier alpha value is -4.38. The summed E-state index contributed by atoms with van der Waals surface area (Å²) in [5.41, 5.74) is 3.29. The summed E-state index contributed by atoms with van der Waals surface area (Å²) < 4.78 is 6.24. The Labute approximate surface area is 192 Å². The lowest BCUT2D eigenvalue weighted by Gasteiger charge is -2.20. The minimum absolute atomic E-state index is 0.152. The lowest BCUT2D eigenvalue weighted by atomic mass is 9.95. The monoisotopic (exact) mass is 434 g/mol. The van der Waals surface area contributed by atoms with E-state index in [9.17, 15) is 5.11 Å². The average molecular weight is 435 g/mol. The van der Waals surface area contributed by atoms with E-state index in [1.165, 1.54) is 0 Å². The summed E-state index contributed by atoms with van der Waals surface area (Å²) in [4.78, 5) is 7.63. The molecule has 33 heavy (non-hydrogen) atoms. The predicted molar refractivity (Wildman–Crippen MR) is 129 cm³/mol. The number of phenols is 1. The van der Waals surface area contributed by atoms with E-state index in [-0.39, 0.29) is 11.8 Å². The number of pyridine rings is 2. The Morgan fingerprint density at radius 1 is 0.818 bits per heavy atom. The van der Waals surface area contributed by atoms with Gasteiger partial charge in [-0.3, -0.25) is 10.3 Å². The van der Waals surface area contributed by atoms with Gasteiger partial charge in [-0.2, -0.15) is 0 Å². The quantitative estimate of drug-likeness (QED) is 0.353. The number of fused-ring (bicyclic) bond motifs is 1. The largest absolute Gasteiger partial charge is 0.505 e. The van der Waals surface area contributed by atoms with Crippen molar-refractivity contribution in [3.8, 4) is 11.5 Å². The maximum absolute atomic E-state index is 11.2. The van der Waals surface area contributed by atoms with Gasteiger partial charge in [0.2, 0.25) is 0 Å². The highest BCUT2D eigenvalue weighted by molar-refractivity contribution is 5.86. The third kappa shape index (κ3) is 4.48. The van der Waals surface area contributed by atoms with Crippen molar-refractivity contribution < 1.29 is 14.8 Å². The Morgan fingerprint density at radius 2 is 1.64 bits per heavy atom. The lowest BCUT2D eigenvalue weighted by molar-refractivity contribution is -0.361. The molecule has 0 fully saturated rings. The maximum atomic E-state index is 11.2. The number of para-hydroxylation sites is 1. The zero-order valence-electron chi connectivity index (χ0n) is 18.0. The Balaban J connectivity index is 1.58. The van der Waals surface area contributed by atoms with Crippen LogP contribution in [-0.2, 0) is 6.61 Å². The Bertz CT molecular complexity index is 1360. The molecule has 0 saturated carbocycles. The molecule has 2 heterocycles. The van der Waals surface area contributed by atoms with Crippen LogP contribution >= 0.6 is 0 Å². The fourth-order valence-corrected chi connectivity index (χ4v) is 3.93. The van der Waals surface area contributed by atoms with Crippen LogP contribution in [0.15, 0.2) is 109 Å². The van der Waals surface area contributed by atoms with Crippen molar-refractivity contribution >= 4 is 16.7 Å². The van der Waals surface area contributed by atoms with Crippen molar-refractivity contribution in [2.75, 3.05) is 5.32 Å². The van der Waals surface area contributed by atoms with Crippen molar-refractivity contribution in [1.82, 2.24) is 4.98 Å².